The van der Waals surface area contributed by atoms with Crippen LogP contribution < -0.4 is 9.47 Å². The lowest BCUT2D eigenvalue weighted by molar-refractivity contribution is -0.122. The van der Waals surface area contributed by atoms with E-state index in [9.17, 15) is 9.59 Å². The van der Waals surface area contributed by atoms with Crippen molar-refractivity contribution in [2.24, 2.45) is 4.99 Å². The first-order valence-corrected chi connectivity index (χ1v) is 12.2. The summed E-state index contributed by atoms with van der Waals surface area (Å²) in [5.74, 6) is 0.128. The zero-order valence-corrected chi connectivity index (χ0v) is 21.0. The molecule has 174 valence electrons. The van der Waals surface area contributed by atoms with Crippen LogP contribution in [0.15, 0.2) is 50.8 Å². The number of aliphatic imine (C=N–C) groups is 1. The maximum Gasteiger partial charge on any atom is 0.335 e. The maximum absolute atomic E-state index is 13.0. The Kier molecular flexibility index (Phi) is 8.57. The summed E-state index contributed by atoms with van der Waals surface area (Å²) in [7, 11) is 0. The summed E-state index contributed by atoms with van der Waals surface area (Å²) >= 11 is 4.84. The third-order valence-corrected chi connectivity index (χ3v) is 6.22. The number of hydrogen-bond acceptors (Lipinski definition) is 6. The van der Waals surface area contributed by atoms with Gasteiger partial charge in [-0.1, -0.05) is 6.92 Å². The highest BCUT2D eigenvalue weighted by Gasteiger charge is 2.32. The molecule has 0 unspecified atom stereocenters. The molecule has 0 spiro atoms. The highest BCUT2D eigenvalue weighted by molar-refractivity contribution is 9.10. The second-order valence-electron chi connectivity index (χ2n) is 7.02. The summed E-state index contributed by atoms with van der Waals surface area (Å²) < 4.78 is 12.3. The largest absolute Gasteiger partial charge is 0.490 e. The van der Waals surface area contributed by atoms with Gasteiger partial charge in [-0.2, -0.15) is 0 Å². The number of benzene rings is 2. The van der Waals surface area contributed by atoms with E-state index in [0.29, 0.717) is 47.0 Å². The Balaban J connectivity index is 1.92. The molecule has 1 N–H and O–H groups in total. The Hall–Kier alpha value is -2.78. The average Bonchev–Trinajstić information content (AvgIpc) is 3.07. The van der Waals surface area contributed by atoms with E-state index in [1.54, 1.807) is 17.0 Å². The van der Waals surface area contributed by atoms with E-state index in [4.69, 9.17) is 14.6 Å². The van der Waals surface area contributed by atoms with Crippen molar-refractivity contribution in [3.05, 3.63) is 56.9 Å². The Morgan fingerprint density at radius 3 is 2.52 bits per heavy atom. The van der Waals surface area contributed by atoms with Crippen molar-refractivity contribution in [3.8, 4) is 11.5 Å². The first kappa shape index (κ1) is 24.9. The van der Waals surface area contributed by atoms with Gasteiger partial charge in [-0.15, -0.1) is 0 Å². The van der Waals surface area contributed by atoms with Gasteiger partial charge in [0, 0.05) is 6.54 Å². The molecule has 1 aliphatic heterocycles. The summed E-state index contributed by atoms with van der Waals surface area (Å²) in [6.07, 6.45) is 2.69. The number of hydrogen-bond donors (Lipinski definition) is 1. The number of thioether (sulfide) groups is 1. The molecule has 0 radical (unpaired) electrons. The number of likely N-dealkylation sites (N-methyl/N-ethyl adjacent to an activating group) is 1. The molecule has 0 saturated carbocycles. The first-order valence-electron chi connectivity index (χ1n) is 10.6. The van der Waals surface area contributed by atoms with Crippen molar-refractivity contribution in [1.29, 1.82) is 0 Å². The Bertz CT molecular complexity index is 1100. The second kappa shape index (κ2) is 11.4. The van der Waals surface area contributed by atoms with Crippen molar-refractivity contribution in [2.75, 3.05) is 19.8 Å². The molecule has 1 fully saturated rings. The Morgan fingerprint density at radius 2 is 1.91 bits per heavy atom. The summed E-state index contributed by atoms with van der Waals surface area (Å²) in [4.78, 5) is 30.8. The lowest BCUT2D eigenvalue weighted by Gasteiger charge is -2.14. The average molecular weight is 533 g/mol. The van der Waals surface area contributed by atoms with Crippen molar-refractivity contribution in [3.63, 3.8) is 0 Å². The number of amidine groups is 1. The second-order valence-corrected chi connectivity index (χ2v) is 8.88. The van der Waals surface area contributed by atoms with E-state index in [-0.39, 0.29) is 11.5 Å². The van der Waals surface area contributed by atoms with E-state index >= 15 is 0 Å². The van der Waals surface area contributed by atoms with Gasteiger partial charge in [0.25, 0.3) is 5.91 Å². The maximum atomic E-state index is 13.0. The number of carboxylic acids is 1. The van der Waals surface area contributed by atoms with E-state index in [1.165, 1.54) is 23.9 Å². The molecule has 1 saturated heterocycles. The molecule has 0 bridgehead atoms. The number of carboxylic acid groups (broad SMARTS) is 1. The monoisotopic (exact) mass is 532 g/mol. The topological polar surface area (TPSA) is 88.4 Å². The summed E-state index contributed by atoms with van der Waals surface area (Å²) in [5, 5.41) is 9.61. The highest BCUT2D eigenvalue weighted by Crippen LogP contribution is 2.39. The van der Waals surface area contributed by atoms with Crippen LogP contribution in [-0.4, -0.2) is 46.8 Å². The molecule has 0 aromatic heterocycles. The van der Waals surface area contributed by atoms with E-state index in [2.05, 4.69) is 20.9 Å². The number of amides is 1. The van der Waals surface area contributed by atoms with Gasteiger partial charge >= 0.3 is 5.97 Å². The fourth-order valence-corrected chi connectivity index (χ4v) is 4.73. The molecule has 1 aliphatic rings. The molecule has 7 nitrogen and oxygen atoms in total. The third-order valence-electron chi connectivity index (χ3n) is 4.62. The number of carbonyl (C=O) groups excluding carboxylic acids is 1. The predicted octanol–water partition coefficient (Wildman–Crippen LogP) is 5.96. The minimum absolute atomic E-state index is 0.135. The minimum Gasteiger partial charge on any atom is -0.490 e. The van der Waals surface area contributed by atoms with Crippen LogP contribution in [0.5, 0.6) is 11.5 Å². The zero-order chi connectivity index (χ0) is 24.0. The van der Waals surface area contributed by atoms with Gasteiger partial charge in [0.2, 0.25) is 0 Å². The van der Waals surface area contributed by atoms with Crippen molar-refractivity contribution in [2.45, 2.75) is 27.2 Å². The summed E-state index contributed by atoms with van der Waals surface area (Å²) in [6, 6.07) is 9.98. The molecule has 9 heteroatoms. The number of ether oxygens (including phenoxy) is 2. The lowest BCUT2D eigenvalue weighted by atomic mass is 10.2. The number of halogens is 1. The van der Waals surface area contributed by atoms with E-state index in [1.807, 2.05) is 39.0 Å². The molecule has 2 aromatic carbocycles. The van der Waals surface area contributed by atoms with Crippen LogP contribution >= 0.6 is 27.7 Å². The molecule has 1 heterocycles. The van der Waals surface area contributed by atoms with Gasteiger partial charge in [0.05, 0.1) is 33.8 Å². The van der Waals surface area contributed by atoms with Crippen LogP contribution in [0.4, 0.5) is 5.69 Å². The fourth-order valence-electron chi connectivity index (χ4n) is 3.09. The predicted molar refractivity (Wildman–Crippen MR) is 135 cm³/mol. The fraction of sp³-hybridized carbons (Fsp3) is 0.292. The third kappa shape index (κ3) is 5.97. The van der Waals surface area contributed by atoms with Crippen LogP contribution in [0.3, 0.4) is 0 Å². The van der Waals surface area contributed by atoms with Crippen LogP contribution in [0.25, 0.3) is 6.08 Å². The summed E-state index contributed by atoms with van der Waals surface area (Å²) in [5.41, 5.74) is 1.56. The molecular formula is C24H25BrN2O5S. The number of carbonyl (C=O) groups is 2. The van der Waals surface area contributed by atoms with Crippen molar-refractivity contribution >= 4 is 56.5 Å². The summed E-state index contributed by atoms with van der Waals surface area (Å²) in [6.45, 7) is 7.36. The smallest absolute Gasteiger partial charge is 0.335 e. The molecular weight excluding hydrogens is 508 g/mol. The van der Waals surface area contributed by atoms with E-state index in [0.717, 1.165) is 16.5 Å². The van der Waals surface area contributed by atoms with Crippen LogP contribution in [-0.2, 0) is 4.79 Å². The van der Waals surface area contributed by atoms with Crippen LogP contribution in [0.2, 0.25) is 0 Å². The van der Waals surface area contributed by atoms with Gasteiger partial charge in [-0.3, -0.25) is 9.69 Å². The van der Waals surface area contributed by atoms with Gasteiger partial charge in [0.1, 0.15) is 0 Å². The molecule has 33 heavy (non-hydrogen) atoms. The first-order chi connectivity index (χ1) is 15.9. The Labute approximate surface area is 205 Å². The van der Waals surface area contributed by atoms with E-state index < -0.39 is 5.97 Å². The molecule has 3 rings (SSSR count). The van der Waals surface area contributed by atoms with Gasteiger partial charge in [0.15, 0.2) is 16.7 Å². The van der Waals surface area contributed by atoms with Crippen molar-refractivity contribution < 1.29 is 24.2 Å². The molecule has 0 atom stereocenters. The minimum atomic E-state index is -0.997. The SMILES string of the molecule is CCCOc1c(Br)cc(/C=C2/SC(=Nc3ccc(C(=O)O)cc3)N(CC)C2=O)cc1OCC. The number of aromatic carboxylic acids is 1. The van der Waals surface area contributed by atoms with Crippen molar-refractivity contribution in [1.82, 2.24) is 4.90 Å². The number of nitrogens with zero attached hydrogens (tertiary/aromatic N) is 2. The number of rotatable bonds is 9. The molecule has 0 aliphatic carbocycles. The quantitative estimate of drug-likeness (QED) is 0.401. The molecule has 1 amide bonds. The van der Waals surface area contributed by atoms with Crippen LogP contribution in [0.1, 0.15) is 43.1 Å². The Morgan fingerprint density at radius 1 is 1.18 bits per heavy atom. The van der Waals surface area contributed by atoms with Gasteiger partial charge < -0.3 is 14.6 Å². The van der Waals surface area contributed by atoms with Gasteiger partial charge in [-0.25, -0.2) is 9.79 Å². The van der Waals surface area contributed by atoms with Crippen LogP contribution in [0, 0.1) is 0 Å². The lowest BCUT2D eigenvalue weighted by Crippen LogP contribution is -2.28. The standard InChI is InChI=1S/C24H25BrN2O5S/c1-4-11-32-21-18(25)12-15(13-19(21)31-6-3)14-20-22(28)27(5-2)24(33-20)26-17-9-7-16(8-10-17)23(29)30/h7-10,12-14H,4-6,11H2,1-3H3,(H,29,30)/b20-14+,26-24?. The molecule has 2 aromatic rings. The zero-order valence-electron chi connectivity index (χ0n) is 18.6. The highest BCUT2D eigenvalue weighted by atomic mass is 79.9. The van der Waals surface area contributed by atoms with Gasteiger partial charge in [-0.05, 0) is 96.0 Å². The normalized spacial score (nSPS) is 16.0.